The normalized spacial score (nSPS) is 23.0. The fraction of sp³-hybridized carbons (Fsp3) is 0.600. The first-order chi connectivity index (χ1) is 10.6. The van der Waals surface area contributed by atoms with Crippen molar-refractivity contribution >= 4 is 10.0 Å². The first kappa shape index (κ1) is 17.4. The Morgan fingerprint density at radius 3 is 2.64 bits per heavy atom. The first-order valence-corrected chi connectivity index (χ1v) is 8.85. The maximum absolute atomic E-state index is 12.2. The van der Waals surface area contributed by atoms with Gasteiger partial charge in [0.25, 0.3) is 0 Å². The van der Waals surface area contributed by atoms with Crippen LogP contribution in [0.15, 0.2) is 35.2 Å². The monoisotopic (exact) mass is 328 g/mol. The summed E-state index contributed by atoms with van der Waals surface area (Å²) in [5, 5.41) is 0. The molecule has 0 aromatic heterocycles. The molecule has 1 aromatic carbocycles. The van der Waals surface area contributed by atoms with Gasteiger partial charge in [-0.05, 0) is 18.6 Å². The molecule has 0 spiro atoms. The van der Waals surface area contributed by atoms with E-state index in [1.807, 2.05) is 0 Å². The molecule has 7 heteroatoms. The number of rotatable bonds is 8. The largest absolute Gasteiger partial charge is 0.383 e. The summed E-state index contributed by atoms with van der Waals surface area (Å²) < 4.78 is 37.6. The van der Waals surface area contributed by atoms with Crippen LogP contribution < -0.4 is 4.72 Å². The Labute approximate surface area is 132 Å². The summed E-state index contributed by atoms with van der Waals surface area (Å²) in [7, 11) is -0.0585. The van der Waals surface area contributed by atoms with Crippen LogP contribution >= 0.6 is 0 Å². The van der Waals surface area contributed by atoms with Gasteiger partial charge in [0.15, 0.2) is 0 Å². The van der Waals surface area contributed by atoms with Gasteiger partial charge in [-0.3, -0.25) is 4.90 Å². The summed E-state index contributed by atoms with van der Waals surface area (Å²) in [6.07, 6.45) is 1.10. The lowest BCUT2D eigenvalue weighted by Crippen LogP contribution is -2.39. The lowest BCUT2D eigenvalue weighted by Gasteiger charge is -2.23. The summed E-state index contributed by atoms with van der Waals surface area (Å²) >= 11 is 0. The Morgan fingerprint density at radius 2 is 2.00 bits per heavy atom. The number of methoxy groups -OCH3 is 2. The minimum Gasteiger partial charge on any atom is -0.383 e. The number of hydrogen-bond acceptors (Lipinski definition) is 5. The third-order valence-electron chi connectivity index (χ3n) is 3.93. The van der Waals surface area contributed by atoms with Crippen LogP contribution in [-0.2, 0) is 19.5 Å². The van der Waals surface area contributed by atoms with E-state index in [-0.39, 0.29) is 12.1 Å². The van der Waals surface area contributed by atoms with E-state index in [1.165, 1.54) is 0 Å². The predicted molar refractivity (Wildman–Crippen MR) is 84.3 cm³/mol. The lowest BCUT2D eigenvalue weighted by molar-refractivity contribution is 0.108. The molecule has 6 nitrogen and oxygen atoms in total. The Kier molecular flexibility index (Phi) is 6.34. The zero-order chi connectivity index (χ0) is 16.0. The second-order valence-corrected chi connectivity index (χ2v) is 7.18. The molecule has 0 unspecified atom stereocenters. The number of hydrogen-bond donors (Lipinski definition) is 1. The predicted octanol–water partition coefficient (Wildman–Crippen LogP) is 0.701. The van der Waals surface area contributed by atoms with Gasteiger partial charge < -0.3 is 9.47 Å². The van der Waals surface area contributed by atoms with Gasteiger partial charge in [-0.2, -0.15) is 0 Å². The maximum Gasteiger partial charge on any atom is 0.240 e. The van der Waals surface area contributed by atoms with E-state index in [2.05, 4.69) is 9.62 Å². The molecule has 0 radical (unpaired) electrons. The summed E-state index contributed by atoms with van der Waals surface area (Å²) in [4.78, 5) is 2.50. The standard InChI is InChI=1S/C15H24N2O4S/c1-20-12-13-10-14(21-2)11-17(13)9-8-16-22(18,19)15-6-4-3-5-7-15/h3-7,13-14,16H,8-12H2,1-2H3/t13-,14+/m0/s1. The van der Waals surface area contributed by atoms with Crippen molar-refractivity contribution in [3.63, 3.8) is 0 Å². The van der Waals surface area contributed by atoms with E-state index in [0.717, 1.165) is 13.0 Å². The minimum atomic E-state index is -3.44. The highest BCUT2D eigenvalue weighted by molar-refractivity contribution is 7.89. The van der Waals surface area contributed by atoms with Crippen molar-refractivity contribution in [2.24, 2.45) is 0 Å². The minimum absolute atomic E-state index is 0.186. The second-order valence-electron chi connectivity index (χ2n) is 5.41. The molecule has 0 aliphatic carbocycles. The molecule has 2 atom stereocenters. The summed E-state index contributed by atoms with van der Waals surface area (Å²) in [5.74, 6) is 0. The molecule has 0 bridgehead atoms. The highest BCUT2D eigenvalue weighted by Gasteiger charge is 2.31. The van der Waals surface area contributed by atoms with Gasteiger partial charge in [0, 0.05) is 39.9 Å². The van der Waals surface area contributed by atoms with E-state index >= 15 is 0 Å². The van der Waals surface area contributed by atoms with Crippen molar-refractivity contribution in [1.29, 1.82) is 0 Å². The number of nitrogens with one attached hydrogen (secondary N) is 1. The smallest absolute Gasteiger partial charge is 0.240 e. The van der Waals surface area contributed by atoms with Crippen molar-refractivity contribution in [3.05, 3.63) is 30.3 Å². The third kappa shape index (κ3) is 4.50. The van der Waals surface area contributed by atoms with Crippen LogP contribution in [-0.4, -0.2) is 65.9 Å². The average Bonchev–Trinajstić information content (AvgIpc) is 2.91. The molecule has 2 rings (SSSR count). The van der Waals surface area contributed by atoms with Gasteiger partial charge in [0.05, 0.1) is 17.6 Å². The molecule has 1 saturated heterocycles. The molecule has 0 saturated carbocycles. The fourth-order valence-electron chi connectivity index (χ4n) is 2.75. The van der Waals surface area contributed by atoms with Crippen molar-refractivity contribution in [2.45, 2.75) is 23.5 Å². The van der Waals surface area contributed by atoms with Crippen LogP contribution in [0.5, 0.6) is 0 Å². The number of ether oxygens (including phenoxy) is 2. The van der Waals surface area contributed by atoms with Crippen LogP contribution in [0.25, 0.3) is 0 Å². The van der Waals surface area contributed by atoms with Crippen molar-refractivity contribution in [2.75, 3.05) is 40.5 Å². The number of sulfonamides is 1. The molecule has 124 valence electrons. The molecule has 0 amide bonds. The topological polar surface area (TPSA) is 67.9 Å². The molecule has 1 heterocycles. The lowest BCUT2D eigenvalue weighted by atomic mass is 10.2. The average molecular weight is 328 g/mol. The molecule has 1 fully saturated rings. The molecule has 22 heavy (non-hydrogen) atoms. The highest BCUT2D eigenvalue weighted by atomic mass is 32.2. The second kappa shape index (κ2) is 8.03. The SMILES string of the molecule is COC[C@@H]1C[C@@H](OC)CN1CCNS(=O)(=O)c1ccccc1. The Morgan fingerprint density at radius 1 is 1.27 bits per heavy atom. The van der Waals surface area contributed by atoms with Crippen LogP contribution in [0.4, 0.5) is 0 Å². The van der Waals surface area contributed by atoms with Gasteiger partial charge >= 0.3 is 0 Å². The van der Waals surface area contributed by atoms with Crippen molar-refractivity contribution in [3.8, 4) is 0 Å². The van der Waals surface area contributed by atoms with Crippen LogP contribution in [0, 0.1) is 0 Å². The number of likely N-dealkylation sites (tertiary alicyclic amines) is 1. The molecule has 1 N–H and O–H groups in total. The van der Waals surface area contributed by atoms with Crippen LogP contribution in [0.1, 0.15) is 6.42 Å². The van der Waals surface area contributed by atoms with E-state index in [4.69, 9.17) is 9.47 Å². The highest BCUT2D eigenvalue weighted by Crippen LogP contribution is 2.19. The molecule has 1 aliphatic heterocycles. The summed E-state index contributed by atoms with van der Waals surface area (Å²) in [6.45, 7) is 2.44. The van der Waals surface area contributed by atoms with Gasteiger partial charge in [-0.1, -0.05) is 18.2 Å². The Bertz CT molecular complexity index is 550. The zero-order valence-electron chi connectivity index (χ0n) is 13.1. The van der Waals surface area contributed by atoms with E-state index in [9.17, 15) is 8.42 Å². The number of benzene rings is 1. The zero-order valence-corrected chi connectivity index (χ0v) is 13.9. The van der Waals surface area contributed by atoms with Gasteiger partial charge in [-0.25, -0.2) is 13.1 Å². The van der Waals surface area contributed by atoms with Crippen LogP contribution in [0.3, 0.4) is 0 Å². The molecule has 1 aliphatic rings. The van der Waals surface area contributed by atoms with Gasteiger partial charge in [0.1, 0.15) is 0 Å². The number of nitrogens with zero attached hydrogens (tertiary/aromatic N) is 1. The maximum atomic E-state index is 12.2. The van der Waals surface area contributed by atoms with Gasteiger partial charge in [-0.15, -0.1) is 0 Å². The fourth-order valence-corrected chi connectivity index (χ4v) is 3.80. The third-order valence-corrected chi connectivity index (χ3v) is 5.40. The summed E-state index contributed by atoms with van der Waals surface area (Å²) in [6, 6.07) is 8.68. The van der Waals surface area contributed by atoms with E-state index in [0.29, 0.717) is 24.6 Å². The quantitative estimate of drug-likeness (QED) is 0.761. The molecule has 1 aromatic rings. The summed E-state index contributed by atoms with van der Waals surface area (Å²) in [5.41, 5.74) is 0. The van der Waals surface area contributed by atoms with Gasteiger partial charge in [0.2, 0.25) is 10.0 Å². The molecular weight excluding hydrogens is 304 g/mol. The Balaban J connectivity index is 1.87. The van der Waals surface area contributed by atoms with Crippen LogP contribution in [0.2, 0.25) is 0 Å². The van der Waals surface area contributed by atoms with E-state index < -0.39 is 10.0 Å². The van der Waals surface area contributed by atoms with Crippen molar-refractivity contribution < 1.29 is 17.9 Å². The van der Waals surface area contributed by atoms with Crippen molar-refractivity contribution in [1.82, 2.24) is 9.62 Å². The molecular formula is C15H24N2O4S. The van der Waals surface area contributed by atoms with E-state index in [1.54, 1.807) is 44.6 Å². The Hall–Kier alpha value is -0.990. The first-order valence-electron chi connectivity index (χ1n) is 7.37.